The second-order valence-corrected chi connectivity index (χ2v) is 4.81. The summed E-state index contributed by atoms with van der Waals surface area (Å²) in [5.41, 5.74) is 0. The van der Waals surface area contributed by atoms with Crippen LogP contribution in [-0.4, -0.2) is 51.9 Å². The summed E-state index contributed by atoms with van der Waals surface area (Å²) in [6.45, 7) is 9.62. The Morgan fingerprint density at radius 1 is 1.25 bits per heavy atom. The van der Waals surface area contributed by atoms with Gasteiger partial charge in [-0.25, -0.2) is 0 Å². The second-order valence-electron chi connectivity index (χ2n) is 4.81. The van der Waals surface area contributed by atoms with Crippen LogP contribution in [0.4, 0.5) is 0 Å². The Morgan fingerprint density at radius 3 is 2.60 bits per heavy atom. The van der Waals surface area contributed by atoms with Gasteiger partial charge in [-0.05, 0) is 19.3 Å². The Kier molecular flexibility index (Phi) is 11.9. The summed E-state index contributed by atoms with van der Waals surface area (Å²) < 4.78 is 10.1. The van der Waals surface area contributed by atoms with Crippen LogP contribution in [-0.2, 0) is 14.3 Å². The molecule has 0 amide bonds. The fourth-order valence-corrected chi connectivity index (χ4v) is 1.37. The molecule has 0 aliphatic heterocycles. The van der Waals surface area contributed by atoms with E-state index in [9.17, 15) is 4.79 Å². The molecule has 0 aliphatic carbocycles. The highest BCUT2D eigenvalue weighted by Crippen LogP contribution is 1.98. The van der Waals surface area contributed by atoms with Crippen LogP contribution >= 0.6 is 0 Å². The minimum Gasteiger partial charge on any atom is -0.469 e. The van der Waals surface area contributed by atoms with E-state index in [4.69, 9.17) is 4.74 Å². The molecule has 0 aromatic carbocycles. The first-order valence-electron chi connectivity index (χ1n) is 7.26. The first kappa shape index (κ1) is 18.7. The third-order valence-corrected chi connectivity index (χ3v) is 2.54. The number of hydrogen-bond acceptors (Lipinski definition) is 4. The molecule has 0 rings (SSSR count). The van der Waals surface area contributed by atoms with Gasteiger partial charge in [-0.1, -0.05) is 13.8 Å². The fraction of sp³-hybridized carbons (Fsp3) is 0.857. The minimum absolute atomic E-state index is 0.231. The third-order valence-electron chi connectivity index (χ3n) is 2.54. The maximum absolute atomic E-state index is 11.0. The summed E-state index contributed by atoms with van der Waals surface area (Å²) in [6.07, 6.45) is 1.40. The molecule has 6 heteroatoms. The standard InChI is InChI=1S/C14H29N3O3/c1-5-15-14(16-8-6-13(18)19-4)17-9-11-20-10-7-12(2)3/h12H,5-11H2,1-4H3,(H2,15,16,17). The monoisotopic (exact) mass is 287 g/mol. The average Bonchev–Trinajstić information content (AvgIpc) is 2.41. The second kappa shape index (κ2) is 12.7. The predicted octanol–water partition coefficient (Wildman–Crippen LogP) is 1.17. The summed E-state index contributed by atoms with van der Waals surface area (Å²) >= 11 is 0. The minimum atomic E-state index is -0.231. The van der Waals surface area contributed by atoms with Crippen molar-refractivity contribution in [1.29, 1.82) is 0 Å². The van der Waals surface area contributed by atoms with Crippen molar-refractivity contribution in [2.45, 2.75) is 33.6 Å². The van der Waals surface area contributed by atoms with E-state index in [1.54, 1.807) is 0 Å². The van der Waals surface area contributed by atoms with Crippen LogP contribution in [0.5, 0.6) is 0 Å². The first-order chi connectivity index (χ1) is 9.60. The molecule has 0 fully saturated rings. The number of methoxy groups -OCH3 is 1. The number of ether oxygens (including phenoxy) is 2. The van der Waals surface area contributed by atoms with Crippen LogP contribution in [0.25, 0.3) is 0 Å². The molecule has 0 aliphatic rings. The fourth-order valence-electron chi connectivity index (χ4n) is 1.37. The van der Waals surface area contributed by atoms with Crippen molar-refractivity contribution in [2.24, 2.45) is 10.9 Å². The normalized spacial score (nSPS) is 11.6. The number of rotatable bonds is 10. The molecule has 20 heavy (non-hydrogen) atoms. The van der Waals surface area contributed by atoms with Crippen molar-refractivity contribution in [3.05, 3.63) is 0 Å². The summed E-state index contributed by atoms with van der Waals surface area (Å²) in [5.74, 6) is 1.13. The van der Waals surface area contributed by atoms with Crippen molar-refractivity contribution in [3.8, 4) is 0 Å². The van der Waals surface area contributed by atoms with Crippen molar-refractivity contribution >= 4 is 11.9 Å². The summed E-state index contributed by atoms with van der Waals surface area (Å²) in [5, 5.41) is 6.19. The lowest BCUT2D eigenvalue weighted by Crippen LogP contribution is -2.38. The quantitative estimate of drug-likeness (QED) is 0.273. The van der Waals surface area contributed by atoms with Crippen LogP contribution in [0.1, 0.15) is 33.6 Å². The Morgan fingerprint density at radius 2 is 2.00 bits per heavy atom. The maximum atomic E-state index is 11.0. The zero-order chi connectivity index (χ0) is 15.2. The van der Waals surface area contributed by atoms with Crippen molar-refractivity contribution in [2.75, 3.05) is 40.0 Å². The molecule has 0 spiro atoms. The lowest BCUT2D eigenvalue weighted by atomic mass is 10.1. The lowest BCUT2D eigenvalue weighted by Gasteiger charge is -2.11. The van der Waals surface area contributed by atoms with Crippen LogP contribution in [0.3, 0.4) is 0 Å². The van der Waals surface area contributed by atoms with E-state index in [1.165, 1.54) is 7.11 Å². The van der Waals surface area contributed by atoms with Gasteiger partial charge in [-0.3, -0.25) is 9.79 Å². The molecule has 0 saturated carbocycles. The van der Waals surface area contributed by atoms with Gasteiger partial charge in [-0.2, -0.15) is 0 Å². The number of nitrogens with zero attached hydrogens (tertiary/aromatic N) is 1. The number of carbonyl (C=O) groups excluding carboxylic acids is 1. The highest BCUT2D eigenvalue weighted by atomic mass is 16.5. The molecule has 0 aromatic heterocycles. The van der Waals surface area contributed by atoms with E-state index in [0.717, 1.165) is 19.6 Å². The van der Waals surface area contributed by atoms with Gasteiger partial charge in [0.1, 0.15) is 0 Å². The van der Waals surface area contributed by atoms with Crippen LogP contribution < -0.4 is 10.6 Å². The zero-order valence-corrected chi connectivity index (χ0v) is 13.2. The van der Waals surface area contributed by atoms with Crippen LogP contribution in [0.2, 0.25) is 0 Å². The molecule has 118 valence electrons. The molecule has 0 unspecified atom stereocenters. The molecule has 0 atom stereocenters. The van der Waals surface area contributed by atoms with Gasteiger partial charge in [0.25, 0.3) is 0 Å². The predicted molar refractivity (Wildman–Crippen MR) is 80.9 cm³/mol. The first-order valence-corrected chi connectivity index (χ1v) is 7.26. The summed E-state index contributed by atoms with van der Waals surface area (Å²) in [7, 11) is 1.39. The van der Waals surface area contributed by atoms with Gasteiger partial charge in [0.05, 0.1) is 26.7 Å². The van der Waals surface area contributed by atoms with E-state index >= 15 is 0 Å². The number of guanidine groups is 1. The van der Waals surface area contributed by atoms with Crippen LogP contribution in [0.15, 0.2) is 4.99 Å². The zero-order valence-electron chi connectivity index (χ0n) is 13.2. The van der Waals surface area contributed by atoms with Gasteiger partial charge in [0, 0.05) is 19.7 Å². The summed E-state index contributed by atoms with van der Waals surface area (Å²) in [4.78, 5) is 15.4. The molecule has 0 bridgehead atoms. The number of aliphatic imine (C=N–C) groups is 1. The molecule has 0 radical (unpaired) electrons. The Hall–Kier alpha value is -1.30. The number of nitrogens with one attached hydrogen (secondary N) is 2. The molecular formula is C14H29N3O3. The topological polar surface area (TPSA) is 72.0 Å². The molecular weight excluding hydrogens is 258 g/mol. The van der Waals surface area contributed by atoms with Crippen LogP contribution in [0, 0.1) is 5.92 Å². The number of carbonyl (C=O) groups is 1. The van der Waals surface area contributed by atoms with E-state index in [-0.39, 0.29) is 5.97 Å². The SMILES string of the molecule is CCNC(=NCCOCCC(C)C)NCCC(=O)OC. The molecule has 6 nitrogen and oxygen atoms in total. The van der Waals surface area contributed by atoms with Gasteiger partial charge < -0.3 is 20.1 Å². The largest absolute Gasteiger partial charge is 0.469 e. The lowest BCUT2D eigenvalue weighted by molar-refractivity contribution is -0.140. The average molecular weight is 287 g/mol. The van der Waals surface area contributed by atoms with E-state index in [0.29, 0.717) is 38.0 Å². The molecule has 0 saturated heterocycles. The highest BCUT2D eigenvalue weighted by Gasteiger charge is 2.01. The van der Waals surface area contributed by atoms with Gasteiger partial charge in [0.2, 0.25) is 0 Å². The van der Waals surface area contributed by atoms with E-state index in [2.05, 4.69) is 34.2 Å². The van der Waals surface area contributed by atoms with Crippen molar-refractivity contribution < 1.29 is 14.3 Å². The van der Waals surface area contributed by atoms with E-state index in [1.807, 2.05) is 6.92 Å². The van der Waals surface area contributed by atoms with E-state index < -0.39 is 0 Å². The number of hydrogen-bond donors (Lipinski definition) is 2. The van der Waals surface area contributed by atoms with Gasteiger partial charge in [-0.15, -0.1) is 0 Å². The highest BCUT2D eigenvalue weighted by molar-refractivity contribution is 5.80. The molecule has 0 aromatic rings. The Labute approximate surface area is 122 Å². The Balaban J connectivity index is 3.80. The van der Waals surface area contributed by atoms with Crippen molar-refractivity contribution in [1.82, 2.24) is 10.6 Å². The summed E-state index contributed by atoms with van der Waals surface area (Å²) in [6, 6.07) is 0. The van der Waals surface area contributed by atoms with Gasteiger partial charge in [0.15, 0.2) is 5.96 Å². The number of esters is 1. The maximum Gasteiger partial charge on any atom is 0.307 e. The molecule has 0 heterocycles. The third kappa shape index (κ3) is 11.8. The Bertz CT molecular complexity index is 281. The van der Waals surface area contributed by atoms with Gasteiger partial charge >= 0.3 is 5.97 Å². The van der Waals surface area contributed by atoms with Crippen molar-refractivity contribution in [3.63, 3.8) is 0 Å². The smallest absolute Gasteiger partial charge is 0.307 e. The molecule has 2 N–H and O–H groups in total.